The monoisotopic (exact) mass is 258 g/mol. The van der Waals surface area contributed by atoms with Crippen LogP contribution in [-0.4, -0.2) is 23.8 Å². The molecule has 108 valence electrons. The van der Waals surface area contributed by atoms with Crippen LogP contribution in [0, 0.1) is 5.92 Å². The molecule has 1 N–H and O–H groups in total. The minimum absolute atomic E-state index is 0.0486. The maximum atomic E-state index is 11.4. The fourth-order valence-electron chi connectivity index (χ4n) is 1.68. The van der Waals surface area contributed by atoms with E-state index in [1.807, 2.05) is 13.8 Å². The smallest absolute Gasteiger partial charge is 0.333 e. The minimum atomic E-state index is -0.359. The first-order valence-electron chi connectivity index (χ1n) is 6.98. The van der Waals surface area contributed by atoms with Gasteiger partial charge < -0.3 is 9.84 Å². The first-order valence-corrected chi connectivity index (χ1v) is 6.98. The number of carbonyl (C=O) groups is 1. The zero-order valence-corrected chi connectivity index (χ0v) is 12.7. The van der Waals surface area contributed by atoms with Crippen molar-refractivity contribution in [1.29, 1.82) is 0 Å². The SMILES string of the molecule is C=C(C)C(=O)OC(CCO)CC(C)CCC.CC. The lowest BCUT2D eigenvalue weighted by atomic mass is 9.97. The van der Waals surface area contributed by atoms with Gasteiger partial charge in [-0.05, 0) is 19.3 Å². The Labute approximate surface area is 112 Å². The van der Waals surface area contributed by atoms with Crippen LogP contribution in [0.5, 0.6) is 0 Å². The van der Waals surface area contributed by atoms with Crippen molar-refractivity contribution in [2.24, 2.45) is 5.92 Å². The van der Waals surface area contributed by atoms with E-state index in [-0.39, 0.29) is 18.7 Å². The van der Waals surface area contributed by atoms with Gasteiger partial charge in [-0.2, -0.15) is 0 Å². The summed E-state index contributed by atoms with van der Waals surface area (Å²) in [5, 5.41) is 8.92. The highest BCUT2D eigenvalue weighted by Crippen LogP contribution is 2.17. The normalized spacial score (nSPS) is 13.0. The van der Waals surface area contributed by atoms with Crippen molar-refractivity contribution >= 4 is 5.97 Å². The van der Waals surface area contributed by atoms with Gasteiger partial charge in [0.1, 0.15) is 6.10 Å². The van der Waals surface area contributed by atoms with E-state index in [1.165, 1.54) is 0 Å². The average molecular weight is 258 g/mol. The van der Waals surface area contributed by atoms with Gasteiger partial charge in [0, 0.05) is 18.6 Å². The largest absolute Gasteiger partial charge is 0.459 e. The van der Waals surface area contributed by atoms with E-state index in [1.54, 1.807) is 6.92 Å². The van der Waals surface area contributed by atoms with E-state index in [2.05, 4.69) is 20.4 Å². The molecule has 0 radical (unpaired) electrons. The second-order valence-electron chi connectivity index (χ2n) is 4.45. The van der Waals surface area contributed by atoms with Crippen LogP contribution < -0.4 is 0 Å². The summed E-state index contributed by atoms with van der Waals surface area (Å²) in [7, 11) is 0. The zero-order valence-electron chi connectivity index (χ0n) is 12.7. The van der Waals surface area contributed by atoms with Crippen LogP contribution >= 0.6 is 0 Å². The predicted molar refractivity (Wildman–Crippen MR) is 76.4 cm³/mol. The summed E-state index contributed by atoms with van der Waals surface area (Å²) in [6.45, 7) is 13.5. The third-order valence-electron chi connectivity index (χ3n) is 2.52. The summed E-state index contributed by atoms with van der Waals surface area (Å²) in [5.41, 5.74) is 0.408. The Bertz CT molecular complexity index is 224. The Hall–Kier alpha value is -0.830. The van der Waals surface area contributed by atoms with E-state index in [4.69, 9.17) is 9.84 Å². The first-order chi connectivity index (χ1) is 8.51. The molecule has 0 aromatic carbocycles. The van der Waals surface area contributed by atoms with E-state index in [0.29, 0.717) is 17.9 Å². The summed E-state index contributed by atoms with van der Waals surface area (Å²) in [6.07, 6.45) is 3.38. The van der Waals surface area contributed by atoms with Gasteiger partial charge in [-0.3, -0.25) is 0 Å². The van der Waals surface area contributed by atoms with Gasteiger partial charge in [0.15, 0.2) is 0 Å². The number of carbonyl (C=O) groups excluding carboxylic acids is 1. The lowest BCUT2D eigenvalue weighted by Gasteiger charge is -2.20. The van der Waals surface area contributed by atoms with Gasteiger partial charge in [-0.15, -0.1) is 0 Å². The Morgan fingerprint density at radius 3 is 2.28 bits per heavy atom. The summed E-state index contributed by atoms with van der Waals surface area (Å²) >= 11 is 0. The molecule has 0 aliphatic carbocycles. The van der Waals surface area contributed by atoms with Crippen LogP contribution in [0.1, 0.15) is 60.3 Å². The molecule has 0 aliphatic heterocycles. The highest BCUT2D eigenvalue weighted by molar-refractivity contribution is 5.87. The maximum Gasteiger partial charge on any atom is 0.333 e. The molecule has 0 rings (SSSR count). The van der Waals surface area contributed by atoms with Crippen LogP contribution in [0.2, 0.25) is 0 Å². The van der Waals surface area contributed by atoms with E-state index in [0.717, 1.165) is 19.3 Å². The van der Waals surface area contributed by atoms with Crippen LogP contribution in [-0.2, 0) is 9.53 Å². The van der Waals surface area contributed by atoms with Crippen molar-refractivity contribution in [2.75, 3.05) is 6.61 Å². The van der Waals surface area contributed by atoms with Crippen molar-refractivity contribution in [1.82, 2.24) is 0 Å². The molecule has 0 spiro atoms. The molecule has 0 amide bonds. The highest BCUT2D eigenvalue weighted by atomic mass is 16.5. The van der Waals surface area contributed by atoms with Gasteiger partial charge in [-0.1, -0.05) is 47.1 Å². The average Bonchev–Trinajstić information content (AvgIpc) is 2.31. The van der Waals surface area contributed by atoms with Crippen molar-refractivity contribution in [3.63, 3.8) is 0 Å². The van der Waals surface area contributed by atoms with Gasteiger partial charge in [0.25, 0.3) is 0 Å². The van der Waals surface area contributed by atoms with E-state index in [9.17, 15) is 4.79 Å². The predicted octanol–water partition coefficient (Wildman–Crippen LogP) is 3.71. The molecule has 2 unspecified atom stereocenters. The number of aliphatic hydroxyl groups is 1. The number of ether oxygens (including phenoxy) is 1. The van der Waals surface area contributed by atoms with Crippen LogP contribution in [0.3, 0.4) is 0 Å². The van der Waals surface area contributed by atoms with E-state index >= 15 is 0 Å². The number of rotatable bonds is 8. The van der Waals surface area contributed by atoms with Gasteiger partial charge in [0.2, 0.25) is 0 Å². The first kappa shape index (κ1) is 19.5. The number of hydrogen-bond donors (Lipinski definition) is 1. The summed E-state index contributed by atoms with van der Waals surface area (Å²) in [5.74, 6) is 0.154. The fourth-order valence-corrected chi connectivity index (χ4v) is 1.68. The second kappa shape index (κ2) is 12.6. The van der Waals surface area contributed by atoms with Gasteiger partial charge >= 0.3 is 5.97 Å². The van der Waals surface area contributed by atoms with Gasteiger partial charge in [0.05, 0.1) is 0 Å². The quantitative estimate of drug-likeness (QED) is 0.533. The molecule has 3 heteroatoms. The molecular weight excluding hydrogens is 228 g/mol. The summed E-state index contributed by atoms with van der Waals surface area (Å²) < 4.78 is 5.27. The number of aliphatic hydroxyl groups excluding tert-OH is 1. The molecule has 0 heterocycles. The summed E-state index contributed by atoms with van der Waals surface area (Å²) in [6, 6.07) is 0. The Morgan fingerprint density at radius 1 is 1.33 bits per heavy atom. The highest BCUT2D eigenvalue weighted by Gasteiger charge is 2.17. The molecule has 0 aliphatic rings. The maximum absolute atomic E-state index is 11.4. The molecule has 0 fully saturated rings. The Balaban J connectivity index is 0. The lowest BCUT2D eigenvalue weighted by molar-refractivity contribution is -0.145. The van der Waals surface area contributed by atoms with Crippen molar-refractivity contribution in [3.05, 3.63) is 12.2 Å². The summed E-state index contributed by atoms with van der Waals surface area (Å²) in [4.78, 5) is 11.4. The Kier molecular flexibility index (Phi) is 13.7. The molecule has 0 aromatic heterocycles. The lowest BCUT2D eigenvalue weighted by Crippen LogP contribution is -2.22. The van der Waals surface area contributed by atoms with Crippen molar-refractivity contribution < 1.29 is 14.6 Å². The fraction of sp³-hybridized carbons (Fsp3) is 0.800. The molecule has 0 bridgehead atoms. The zero-order chi connectivity index (χ0) is 14.6. The molecule has 0 aromatic rings. The minimum Gasteiger partial charge on any atom is -0.459 e. The molecule has 3 nitrogen and oxygen atoms in total. The molecular formula is C15H30O3. The van der Waals surface area contributed by atoms with Crippen molar-refractivity contribution in [3.8, 4) is 0 Å². The number of esters is 1. The topological polar surface area (TPSA) is 46.5 Å². The van der Waals surface area contributed by atoms with Crippen LogP contribution in [0.25, 0.3) is 0 Å². The third kappa shape index (κ3) is 10.3. The molecule has 18 heavy (non-hydrogen) atoms. The van der Waals surface area contributed by atoms with Crippen LogP contribution in [0.15, 0.2) is 12.2 Å². The molecule has 0 saturated carbocycles. The Morgan fingerprint density at radius 2 is 1.89 bits per heavy atom. The second-order valence-corrected chi connectivity index (χ2v) is 4.45. The van der Waals surface area contributed by atoms with Crippen LogP contribution in [0.4, 0.5) is 0 Å². The number of hydrogen-bond acceptors (Lipinski definition) is 3. The third-order valence-corrected chi connectivity index (χ3v) is 2.52. The molecule has 0 saturated heterocycles. The van der Waals surface area contributed by atoms with E-state index < -0.39 is 0 Å². The molecule has 2 atom stereocenters. The van der Waals surface area contributed by atoms with Gasteiger partial charge in [-0.25, -0.2) is 4.79 Å². The van der Waals surface area contributed by atoms with Crippen molar-refractivity contribution in [2.45, 2.75) is 66.4 Å². The standard InChI is InChI=1S/C13H24O3.C2H6/c1-5-6-11(4)9-12(7-8-14)16-13(15)10(2)3;1-2/h11-12,14H,2,5-9H2,1,3-4H3;1-2H3.